The van der Waals surface area contributed by atoms with Gasteiger partial charge in [0, 0.05) is 5.56 Å². The molecule has 118 valence electrons. The number of carbonyl (C=O) groups excluding carboxylic acids is 1. The molecule has 1 aromatic carbocycles. The van der Waals surface area contributed by atoms with Crippen molar-refractivity contribution in [2.75, 3.05) is 0 Å². The Balaban J connectivity index is 3.43. The molecule has 0 amide bonds. The lowest BCUT2D eigenvalue weighted by Crippen LogP contribution is -2.56. The molecule has 1 N–H and O–H groups in total. The molecule has 0 heterocycles. The molecule has 3 nitrogen and oxygen atoms in total. The highest BCUT2D eigenvalue weighted by molar-refractivity contribution is 7.84. The number of alkyl halides is 3. The third-order valence-corrected chi connectivity index (χ3v) is 4.22. The van der Waals surface area contributed by atoms with Gasteiger partial charge in [-0.25, -0.2) is 13.0 Å². The predicted molar refractivity (Wildman–Crippen MR) is 71.2 cm³/mol. The molecule has 0 radical (unpaired) electrons. The van der Waals surface area contributed by atoms with E-state index in [2.05, 4.69) is 0 Å². The molecule has 0 unspecified atom stereocenters. The summed E-state index contributed by atoms with van der Waals surface area (Å²) >= 11 is 0. The minimum atomic E-state index is -4.60. The van der Waals surface area contributed by atoms with Crippen LogP contribution in [0.3, 0.4) is 0 Å². The van der Waals surface area contributed by atoms with Gasteiger partial charge in [0.1, 0.15) is 16.8 Å². The fourth-order valence-corrected chi connectivity index (χ4v) is 2.21. The number of nitrogens with one attached hydrogen (secondary N) is 1. The molecule has 0 fully saturated rings. The van der Waals surface area contributed by atoms with Crippen LogP contribution >= 0.6 is 0 Å². The largest absolute Gasteiger partial charge is 0.354 e. The molecule has 8 heteroatoms. The fourth-order valence-electron chi connectivity index (χ4n) is 1.41. The summed E-state index contributed by atoms with van der Waals surface area (Å²) in [6, 6.07) is 3.85. The zero-order chi connectivity index (χ0) is 16.5. The third kappa shape index (κ3) is 3.49. The minimum absolute atomic E-state index is 0.763. The fraction of sp³-hybridized carbons (Fsp3) is 0.462. The number of hydrogen-bond donors (Lipinski definition) is 1. The van der Waals surface area contributed by atoms with Gasteiger partial charge in [-0.3, -0.25) is 4.79 Å². The maximum atomic E-state index is 14.8. The second-order valence-electron chi connectivity index (χ2n) is 5.36. The highest BCUT2D eigenvalue weighted by Crippen LogP contribution is 2.40. The Morgan fingerprint density at radius 1 is 1.14 bits per heavy atom. The predicted octanol–water partition coefficient (Wildman–Crippen LogP) is 2.83. The lowest BCUT2D eigenvalue weighted by atomic mass is 9.99. The van der Waals surface area contributed by atoms with Crippen LogP contribution in [0.15, 0.2) is 24.3 Å². The minimum Gasteiger partial charge on any atom is -0.296 e. The molecule has 21 heavy (non-hydrogen) atoms. The Hall–Kier alpha value is -1.28. The molecule has 0 aliphatic carbocycles. The molecule has 2 atom stereocenters. The van der Waals surface area contributed by atoms with Gasteiger partial charge in [0.15, 0.2) is 6.29 Å². The highest BCUT2D eigenvalue weighted by Gasteiger charge is 2.59. The van der Waals surface area contributed by atoms with Gasteiger partial charge in [-0.15, -0.1) is 0 Å². The lowest BCUT2D eigenvalue weighted by molar-refractivity contribution is -0.163. The van der Waals surface area contributed by atoms with Crippen LogP contribution in [0.25, 0.3) is 0 Å². The first kappa shape index (κ1) is 17.8. The second kappa shape index (κ2) is 5.84. The Kier molecular flexibility index (Phi) is 4.94. The lowest BCUT2D eigenvalue weighted by Gasteiger charge is -2.33. The molecule has 1 aromatic rings. The first-order valence-corrected chi connectivity index (χ1v) is 7.08. The van der Waals surface area contributed by atoms with Crippen LogP contribution < -0.4 is 4.72 Å². The van der Waals surface area contributed by atoms with Crippen molar-refractivity contribution >= 4 is 17.3 Å². The van der Waals surface area contributed by atoms with E-state index < -0.39 is 45.1 Å². The molecule has 0 aliphatic heterocycles. The van der Waals surface area contributed by atoms with Crippen molar-refractivity contribution in [3.63, 3.8) is 0 Å². The summed E-state index contributed by atoms with van der Waals surface area (Å²) in [5, 5.41) is 0. The van der Waals surface area contributed by atoms with Crippen LogP contribution in [0.4, 0.5) is 17.6 Å². The molecule has 0 aromatic heterocycles. The van der Waals surface area contributed by atoms with Gasteiger partial charge in [0.05, 0.1) is 4.75 Å². The quantitative estimate of drug-likeness (QED) is 0.514. The maximum Gasteiger partial charge on any atom is 0.354 e. The van der Waals surface area contributed by atoms with Gasteiger partial charge < -0.3 is 0 Å². The maximum absolute atomic E-state index is 14.8. The summed E-state index contributed by atoms with van der Waals surface area (Å²) in [7, 11) is -2.29. The summed E-state index contributed by atoms with van der Waals surface area (Å²) < 4.78 is 68.3. The van der Waals surface area contributed by atoms with E-state index in [1.54, 1.807) is 4.72 Å². The van der Waals surface area contributed by atoms with Gasteiger partial charge in [-0.05, 0) is 26.8 Å². The average Bonchev–Trinajstić information content (AvgIpc) is 2.37. The Bertz CT molecular complexity index is 559. The van der Waals surface area contributed by atoms with Crippen LogP contribution in [-0.4, -0.2) is 21.2 Å². The van der Waals surface area contributed by atoms with Crippen molar-refractivity contribution in [3.8, 4) is 0 Å². The molecule has 0 saturated heterocycles. The number of benzene rings is 1. The normalized spacial score (nSPS) is 17.1. The highest BCUT2D eigenvalue weighted by atomic mass is 32.2. The molecule has 0 saturated carbocycles. The number of carbonyl (C=O) groups is 1. The number of rotatable bonds is 5. The van der Waals surface area contributed by atoms with Gasteiger partial charge in [0.2, 0.25) is 0 Å². The summed E-state index contributed by atoms with van der Waals surface area (Å²) in [4.78, 5) is 10.5. The van der Waals surface area contributed by atoms with Gasteiger partial charge >= 0.3 is 5.92 Å². The monoisotopic (exact) mass is 325 g/mol. The van der Waals surface area contributed by atoms with E-state index in [1.807, 2.05) is 0 Å². The number of hydrogen-bond acceptors (Lipinski definition) is 2. The van der Waals surface area contributed by atoms with E-state index >= 15 is 0 Å². The van der Waals surface area contributed by atoms with Crippen molar-refractivity contribution in [3.05, 3.63) is 35.6 Å². The standard InChI is InChI=1S/C13H15F4NO2S/c1-11(2,3)21(20)18-13(17,12(15,16)8-19)9-6-4-5-7-10(9)14/h4-8,18H,1-3H3/t13-,21+/m1/s1. The molecule has 1 rings (SSSR count). The zero-order valence-corrected chi connectivity index (χ0v) is 12.4. The Morgan fingerprint density at radius 3 is 2.10 bits per heavy atom. The van der Waals surface area contributed by atoms with Crippen molar-refractivity contribution < 1.29 is 26.6 Å². The van der Waals surface area contributed by atoms with Crippen LogP contribution in [0, 0.1) is 5.82 Å². The molecular weight excluding hydrogens is 310 g/mol. The van der Waals surface area contributed by atoms with E-state index in [9.17, 15) is 26.6 Å². The summed E-state index contributed by atoms with van der Waals surface area (Å²) in [5.41, 5.74) is -1.08. The van der Waals surface area contributed by atoms with Crippen LogP contribution in [-0.2, 0) is 21.6 Å². The van der Waals surface area contributed by atoms with E-state index in [4.69, 9.17) is 0 Å². The van der Waals surface area contributed by atoms with E-state index in [0.29, 0.717) is 0 Å². The van der Waals surface area contributed by atoms with Crippen LogP contribution in [0.5, 0.6) is 0 Å². The Morgan fingerprint density at radius 2 is 1.67 bits per heavy atom. The molecule has 0 aliphatic rings. The van der Waals surface area contributed by atoms with Gasteiger partial charge in [-0.2, -0.15) is 13.5 Å². The summed E-state index contributed by atoms with van der Waals surface area (Å²) in [5.74, 6) is -9.80. The first-order valence-electron chi connectivity index (χ1n) is 5.93. The SMILES string of the molecule is CC(C)(C)[S@](=O)N[C@](F)(c1ccccc1F)C(F)(F)C=O. The smallest absolute Gasteiger partial charge is 0.296 e. The Labute approximate surface area is 122 Å². The number of halogens is 4. The van der Waals surface area contributed by atoms with E-state index in [0.717, 1.165) is 18.2 Å². The van der Waals surface area contributed by atoms with Crippen LogP contribution in [0.1, 0.15) is 26.3 Å². The van der Waals surface area contributed by atoms with Crippen molar-refractivity contribution in [2.45, 2.75) is 37.2 Å². The van der Waals surface area contributed by atoms with E-state index in [1.165, 1.54) is 26.8 Å². The topological polar surface area (TPSA) is 46.2 Å². The van der Waals surface area contributed by atoms with Gasteiger partial charge in [0.25, 0.3) is 5.79 Å². The van der Waals surface area contributed by atoms with E-state index in [-0.39, 0.29) is 0 Å². The average molecular weight is 325 g/mol. The summed E-state index contributed by atoms with van der Waals surface area (Å²) in [6.45, 7) is 4.24. The summed E-state index contributed by atoms with van der Waals surface area (Å²) in [6.07, 6.45) is -0.938. The molecule has 0 spiro atoms. The van der Waals surface area contributed by atoms with Crippen LogP contribution in [0.2, 0.25) is 0 Å². The zero-order valence-electron chi connectivity index (χ0n) is 11.6. The van der Waals surface area contributed by atoms with Gasteiger partial charge in [-0.1, -0.05) is 18.2 Å². The van der Waals surface area contributed by atoms with Crippen molar-refractivity contribution in [1.29, 1.82) is 0 Å². The first-order chi connectivity index (χ1) is 9.45. The number of aldehydes is 1. The molecule has 0 bridgehead atoms. The van der Waals surface area contributed by atoms with Crippen molar-refractivity contribution in [1.82, 2.24) is 4.72 Å². The second-order valence-corrected chi connectivity index (χ2v) is 7.33. The third-order valence-electron chi connectivity index (χ3n) is 2.64. The molecular formula is C13H15F4NO2S. The van der Waals surface area contributed by atoms with Crippen molar-refractivity contribution in [2.24, 2.45) is 0 Å².